The number of phenolic OH excluding ortho intramolecular Hbond substituents is 1. The second-order valence-electron chi connectivity index (χ2n) is 8.60. The molecule has 4 rings (SSSR count). The number of fused-ring (bicyclic) bond motifs is 1. The number of aromatic hydroxyl groups is 1. The summed E-state index contributed by atoms with van der Waals surface area (Å²) in [6.07, 6.45) is 4.33. The van der Waals surface area contributed by atoms with E-state index >= 15 is 0 Å². The largest absolute Gasteiger partial charge is 0.507 e. The van der Waals surface area contributed by atoms with E-state index in [0.29, 0.717) is 25.1 Å². The molecule has 1 aliphatic heterocycles. The first-order valence-electron chi connectivity index (χ1n) is 11.4. The van der Waals surface area contributed by atoms with Crippen molar-refractivity contribution in [2.45, 2.75) is 51.0 Å². The summed E-state index contributed by atoms with van der Waals surface area (Å²) in [6.45, 7) is 0.662. The number of nitrogen functional groups attached to an aromatic ring is 1. The van der Waals surface area contributed by atoms with Crippen molar-refractivity contribution >= 4 is 28.2 Å². The summed E-state index contributed by atoms with van der Waals surface area (Å²) in [4.78, 5) is 27.3. The topological polar surface area (TPSA) is 83.6 Å². The van der Waals surface area contributed by atoms with Crippen LogP contribution in [0.1, 0.15) is 55.7 Å². The number of nitrogens with two attached hydrogens (primary N) is 1. The molecule has 5 heteroatoms. The van der Waals surface area contributed by atoms with E-state index in [9.17, 15) is 14.7 Å². The molecular formula is C27H30N2O3. The van der Waals surface area contributed by atoms with Crippen LogP contribution in [0.25, 0.3) is 10.8 Å². The van der Waals surface area contributed by atoms with Crippen LogP contribution in [0.3, 0.4) is 0 Å². The Morgan fingerprint density at radius 2 is 1.72 bits per heavy atom. The first-order valence-corrected chi connectivity index (χ1v) is 11.4. The molecule has 0 aromatic heterocycles. The minimum Gasteiger partial charge on any atom is -0.507 e. The van der Waals surface area contributed by atoms with Gasteiger partial charge in [0.05, 0.1) is 6.04 Å². The van der Waals surface area contributed by atoms with Gasteiger partial charge in [0.1, 0.15) is 11.5 Å². The summed E-state index contributed by atoms with van der Waals surface area (Å²) in [5.41, 5.74) is 8.28. The Hall–Kier alpha value is -3.34. The minimum absolute atomic E-state index is 0.0110. The van der Waals surface area contributed by atoms with E-state index in [2.05, 4.69) is 0 Å². The molecule has 0 radical (unpaired) electrons. The molecule has 0 spiro atoms. The van der Waals surface area contributed by atoms with E-state index in [4.69, 9.17) is 5.73 Å². The highest BCUT2D eigenvalue weighted by Gasteiger charge is 2.30. The van der Waals surface area contributed by atoms with Gasteiger partial charge in [0.2, 0.25) is 5.91 Å². The van der Waals surface area contributed by atoms with Crippen molar-refractivity contribution in [1.29, 1.82) is 0 Å². The lowest BCUT2D eigenvalue weighted by Crippen LogP contribution is -2.38. The normalized spacial score (nSPS) is 16.2. The van der Waals surface area contributed by atoms with Crippen LogP contribution >= 0.6 is 0 Å². The maximum Gasteiger partial charge on any atom is 0.223 e. The van der Waals surface area contributed by atoms with Gasteiger partial charge in [0.15, 0.2) is 0 Å². The number of Topliss-reactive ketones (excluding diaryl/α,β-unsaturated/α-hetero) is 1. The van der Waals surface area contributed by atoms with Gasteiger partial charge in [-0.05, 0) is 48.8 Å². The van der Waals surface area contributed by atoms with Crippen molar-refractivity contribution in [3.63, 3.8) is 0 Å². The number of carbonyl (C=O) groups excluding carboxylic acids is 2. The fourth-order valence-electron chi connectivity index (χ4n) is 4.58. The van der Waals surface area contributed by atoms with Crippen LogP contribution in [0.4, 0.5) is 5.69 Å². The van der Waals surface area contributed by atoms with Gasteiger partial charge in [-0.15, -0.1) is 0 Å². The van der Waals surface area contributed by atoms with Gasteiger partial charge < -0.3 is 15.7 Å². The van der Waals surface area contributed by atoms with Crippen molar-refractivity contribution in [3.8, 4) is 5.75 Å². The van der Waals surface area contributed by atoms with Gasteiger partial charge in [-0.25, -0.2) is 0 Å². The molecule has 3 aromatic carbocycles. The highest BCUT2D eigenvalue weighted by molar-refractivity contribution is 5.90. The Morgan fingerprint density at radius 3 is 2.53 bits per heavy atom. The Balaban J connectivity index is 1.39. The zero-order valence-corrected chi connectivity index (χ0v) is 18.3. The number of hydrogen-bond acceptors (Lipinski definition) is 4. The summed E-state index contributed by atoms with van der Waals surface area (Å²) < 4.78 is 0. The van der Waals surface area contributed by atoms with Gasteiger partial charge in [-0.2, -0.15) is 0 Å². The third-order valence-corrected chi connectivity index (χ3v) is 6.40. The van der Waals surface area contributed by atoms with Crippen molar-refractivity contribution < 1.29 is 14.7 Å². The summed E-state index contributed by atoms with van der Waals surface area (Å²) in [7, 11) is 0. The highest BCUT2D eigenvalue weighted by Crippen LogP contribution is 2.39. The lowest BCUT2D eigenvalue weighted by atomic mass is 9.92. The molecule has 0 bridgehead atoms. The first-order chi connectivity index (χ1) is 15.5. The van der Waals surface area contributed by atoms with E-state index in [0.717, 1.165) is 41.2 Å². The number of phenols is 1. The fraction of sp³-hybridized carbons (Fsp3) is 0.333. The zero-order chi connectivity index (χ0) is 22.5. The molecule has 1 amide bonds. The number of piperidine rings is 1. The van der Waals surface area contributed by atoms with Crippen LogP contribution in [0.2, 0.25) is 0 Å². The Morgan fingerprint density at radius 1 is 0.938 bits per heavy atom. The second kappa shape index (κ2) is 9.86. The molecule has 1 fully saturated rings. The van der Waals surface area contributed by atoms with Crippen molar-refractivity contribution in [1.82, 2.24) is 4.90 Å². The summed E-state index contributed by atoms with van der Waals surface area (Å²) in [6, 6.07) is 19.1. The van der Waals surface area contributed by atoms with Gasteiger partial charge in [-0.3, -0.25) is 9.59 Å². The van der Waals surface area contributed by atoms with Crippen LogP contribution in [0.5, 0.6) is 5.75 Å². The van der Waals surface area contributed by atoms with E-state index in [1.807, 2.05) is 65.6 Å². The highest BCUT2D eigenvalue weighted by atomic mass is 16.3. The standard InChI is InChI=1S/C27H30N2O3/c28-21-12-8-19(9-13-21)10-14-22(30)15-17-26(31)29-18-4-3-7-25(29)24-16-11-20-5-1-2-6-23(20)27(24)32/h1-2,5-6,8-9,11-13,16,25,32H,3-4,7,10,14-15,17-18,28H2. The Bertz CT molecular complexity index is 1110. The molecular weight excluding hydrogens is 400 g/mol. The molecule has 3 aromatic rings. The van der Waals surface area contributed by atoms with E-state index in [1.165, 1.54) is 0 Å². The number of anilines is 1. The number of rotatable bonds is 7. The minimum atomic E-state index is -0.147. The smallest absolute Gasteiger partial charge is 0.223 e. The summed E-state index contributed by atoms with van der Waals surface area (Å²) >= 11 is 0. The number of carbonyl (C=O) groups is 2. The van der Waals surface area contributed by atoms with E-state index in [1.54, 1.807) is 0 Å². The Kier molecular flexibility index (Phi) is 6.74. The first kappa shape index (κ1) is 21.9. The molecule has 1 saturated heterocycles. The average Bonchev–Trinajstić information content (AvgIpc) is 2.82. The monoisotopic (exact) mass is 430 g/mol. The van der Waals surface area contributed by atoms with Gasteiger partial charge in [0, 0.05) is 42.4 Å². The molecule has 0 aliphatic carbocycles. The van der Waals surface area contributed by atoms with Crippen molar-refractivity contribution in [2.24, 2.45) is 0 Å². The van der Waals surface area contributed by atoms with Crippen molar-refractivity contribution in [3.05, 3.63) is 71.8 Å². The Labute approximate surface area is 188 Å². The molecule has 5 nitrogen and oxygen atoms in total. The number of aryl methyl sites for hydroxylation is 1. The van der Waals surface area contributed by atoms with E-state index < -0.39 is 0 Å². The van der Waals surface area contributed by atoms with Crippen LogP contribution in [0, 0.1) is 0 Å². The number of ketones is 1. The molecule has 32 heavy (non-hydrogen) atoms. The predicted molar refractivity (Wildman–Crippen MR) is 127 cm³/mol. The van der Waals surface area contributed by atoms with Crippen LogP contribution in [0.15, 0.2) is 60.7 Å². The lowest BCUT2D eigenvalue weighted by Gasteiger charge is -2.36. The summed E-state index contributed by atoms with van der Waals surface area (Å²) in [5, 5.41) is 12.7. The number of likely N-dealkylation sites (tertiary alicyclic amines) is 1. The molecule has 1 heterocycles. The SMILES string of the molecule is Nc1ccc(CCC(=O)CCC(=O)N2CCCCC2c2ccc3ccccc3c2O)cc1. The maximum absolute atomic E-state index is 13.1. The zero-order valence-electron chi connectivity index (χ0n) is 18.3. The van der Waals surface area contributed by atoms with Crippen molar-refractivity contribution in [2.75, 3.05) is 12.3 Å². The third-order valence-electron chi connectivity index (χ3n) is 6.40. The molecule has 0 saturated carbocycles. The number of benzene rings is 3. The van der Waals surface area contributed by atoms with Gasteiger partial charge >= 0.3 is 0 Å². The van der Waals surface area contributed by atoms with Crippen LogP contribution in [-0.2, 0) is 16.0 Å². The molecule has 1 atom stereocenters. The number of nitrogens with zero attached hydrogens (tertiary/aromatic N) is 1. The average molecular weight is 431 g/mol. The molecule has 3 N–H and O–H groups in total. The van der Waals surface area contributed by atoms with Crippen LogP contribution < -0.4 is 5.73 Å². The quantitative estimate of drug-likeness (QED) is 0.507. The predicted octanol–water partition coefficient (Wildman–Crippen LogP) is 5.16. The number of hydrogen-bond donors (Lipinski definition) is 2. The third kappa shape index (κ3) is 4.93. The van der Waals surface area contributed by atoms with Crippen LogP contribution in [-0.4, -0.2) is 28.2 Å². The van der Waals surface area contributed by atoms with Gasteiger partial charge in [-0.1, -0.05) is 48.5 Å². The van der Waals surface area contributed by atoms with E-state index in [-0.39, 0.29) is 36.3 Å². The second-order valence-corrected chi connectivity index (χ2v) is 8.60. The molecule has 166 valence electrons. The fourth-order valence-corrected chi connectivity index (χ4v) is 4.58. The summed E-state index contributed by atoms with van der Waals surface area (Å²) in [5.74, 6) is 0.341. The number of amides is 1. The molecule has 1 aliphatic rings. The molecule has 1 unspecified atom stereocenters. The van der Waals surface area contributed by atoms with Gasteiger partial charge in [0.25, 0.3) is 0 Å². The maximum atomic E-state index is 13.1. The lowest BCUT2D eigenvalue weighted by molar-refractivity contribution is -0.136.